The Morgan fingerprint density at radius 3 is 1.69 bits per heavy atom. The van der Waals surface area contributed by atoms with Crippen molar-refractivity contribution in [1.82, 2.24) is 0 Å². The summed E-state index contributed by atoms with van der Waals surface area (Å²) in [7, 11) is 3.28. The fraction of sp³-hybridized carbons (Fsp3) is 0.351. The van der Waals surface area contributed by atoms with Gasteiger partial charge in [-0.2, -0.15) is 0 Å². The first-order valence-corrected chi connectivity index (χ1v) is 16.2. The van der Waals surface area contributed by atoms with E-state index < -0.39 is 30.7 Å². The Labute approximate surface area is 274 Å². The molecule has 5 atom stereocenters. The van der Waals surface area contributed by atoms with E-state index in [9.17, 15) is 0 Å². The van der Waals surface area contributed by atoms with Gasteiger partial charge in [-0.1, -0.05) is 113 Å². The number of ether oxygens (including phenoxy) is 7. The number of alkyl halides is 1. The van der Waals surface area contributed by atoms with Gasteiger partial charge in [0, 0.05) is 12.4 Å². The summed E-state index contributed by atoms with van der Waals surface area (Å²) in [6, 6.07) is 36.2. The van der Waals surface area contributed by atoms with Crippen LogP contribution in [0.1, 0.15) is 27.8 Å². The van der Waals surface area contributed by atoms with Gasteiger partial charge in [-0.3, -0.25) is 0 Å². The van der Waals surface area contributed by atoms with E-state index in [2.05, 4.69) is 28.1 Å². The van der Waals surface area contributed by atoms with Crippen LogP contribution in [0, 0.1) is 0 Å². The molecule has 4 aromatic rings. The lowest BCUT2D eigenvalue weighted by Gasteiger charge is -2.45. The van der Waals surface area contributed by atoms with Gasteiger partial charge < -0.3 is 33.2 Å². The third kappa shape index (κ3) is 9.47. The number of methoxy groups -OCH3 is 2. The average Bonchev–Trinajstić information content (AvgIpc) is 3.10. The molecule has 0 aromatic heterocycles. The summed E-state index contributed by atoms with van der Waals surface area (Å²) in [4.78, 5) is 0. The molecule has 1 aliphatic heterocycles. The molecule has 4 aromatic carbocycles. The van der Waals surface area contributed by atoms with E-state index in [0.29, 0.717) is 26.4 Å². The maximum Gasteiger partial charge on any atom is 0.186 e. The van der Waals surface area contributed by atoms with Crippen molar-refractivity contribution in [3.8, 4) is 5.75 Å². The summed E-state index contributed by atoms with van der Waals surface area (Å²) in [6.07, 6.45) is -2.78. The lowest BCUT2D eigenvalue weighted by Crippen LogP contribution is -2.61. The summed E-state index contributed by atoms with van der Waals surface area (Å²) in [5.74, 6) is 0.788. The average molecular weight is 678 g/mol. The van der Waals surface area contributed by atoms with Gasteiger partial charge in [-0.15, -0.1) is 0 Å². The van der Waals surface area contributed by atoms with Crippen molar-refractivity contribution in [2.75, 3.05) is 20.8 Å². The molecule has 1 heterocycles. The standard InChI is InChI=1S/C37H41BrO7/c1-39-32-19-17-29(18-20-32)24-42-34-33(26-41-25-31-16-10-9-15-30(31)21-38)45-37(40-2)36(44-23-28-13-7-4-8-14-28)35(34)43-22-27-11-5-3-6-12-27/h3-20,33-37H,21-26H2,1-2H3/t33-,34-,35+,36-,37+/m1/s1. The van der Waals surface area contributed by atoms with E-state index in [0.717, 1.165) is 33.3 Å². The van der Waals surface area contributed by atoms with Crippen LogP contribution in [0.3, 0.4) is 0 Å². The maximum absolute atomic E-state index is 6.68. The van der Waals surface area contributed by atoms with Gasteiger partial charge in [0.25, 0.3) is 0 Å². The van der Waals surface area contributed by atoms with Crippen LogP contribution in [0.5, 0.6) is 5.75 Å². The topological polar surface area (TPSA) is 64.6 Å². The summed E-state index contributed by atoms with van der Waals surface area (Å²) in [5, 5.41) is 0.752. The highest BCUT2D eigenvalue weighted by Crippen LogP contribution is 2.31. The van der Waals surface area contributed by atoms with Crippen LogP contribution in [0.15, 0.2) is 109 Å². The molecule has 1 fully saturated rings. The molecular formula is C37H41BrO7. The molecular weight excluding hydrogens is 636 g/mol. The van der Waals surface area contributed by atoms with Crippen LogP contribution in [0.2, 0.25) is 0 Å². The Kier molecular flexibility index (Phi) is 13.0. The van der Waals surface area contributed by atoms with Gasteiger partial charge in [0.1, 0.15) is 30.2 Å². The molecule has 0 N–H and O–H groups in total. The molecule has 0 saturated carbocycles. The zero-order chi connectivity index (χ0) is 31.3. The van der Waals surface area contributed by atoms with Gasteiger partial charge in [-0.05, 0) is 39.9 Å². The largest absolute Gasteiger partial charge is 0.497 e. The summed E-state index contributed by atoms with van der Waals surface area (Å²) < 4.78 is 43.9. The highest BCUT2D eigenvalue weighted by molar-refractivity contribution is 9.08. The number of halogens is 1. The van der Waals surface area contributed by atoms with Gasteiger partial charge in [0.05, 0.1) is 40.1 Å². The van der Waals surface area contributed by atoms with Crippen LogP contribution in [-0.2, 0) is 60.2 Å². The van der Waals surface area contributed by atoms with Gasteiger partial charge >= 0.3 is 0 Å². The van der Waals surface area contributed by atoms with Crippen LogP contribution in [0.4, 0.5) is 0 Å². The number of benzene rings is 4. The minimum Gasteiger partial charge on any atom is -0.497 e. The first-order chi connectivity index (χ1) is 22.2. The second kappa shape index (κ2) is 17.6. The third-order valence-corrected chi connectivity index (χ3v) is 8.40. The molecule has 0 spiro atoms. The van der Waals surface area contributed by atoms with Crippen molar-refractivity contribution in [1.29, 1.82) is 0 Å². The highest BCUT2D eigenvalue weighted by Gasteiger charge is 2.48. The predicted molar refractivity (Wildman–Crippen MR) is 176 cm³/mol. The fourth-order valence-electron chi connectivity index (χ4n) is 5.33. The molecule has 238 valence electrons. The molecule has 0 bridgehead atoms. The Morgan fingerprint density at radius 1 is 0.578 bits per heavy atom. The second-order valence-electron chi connectivity index (χ2n) is 10.8. The lowest BCUT2D eigenvalue weighted by atomic mass is 9.97. The van der Waals surface area contributed by atoms with E-state index in [-0.39, 0.29) is 6.61 Å². The van der Waals surface area contributed by atoms with E-state index >= 15 is 0 Å². The Morgan fingerprint density at radius 2 is 1.11 bits per heavy atom. The monoisotopic (exact) mass is 676 g/mol. The molecule has 0 aliphatic carbocycles. The lowest BCUT2D eigenvalue weighted by molar-refractivity contribution is -0.323. The molecule has 7 nitrogen and oxygen atoms in total. The minimum absolute atomic E-state index is 0.278. The van der Waals surface area contributed by atoms with Crippen LogP contribution < -0.4 is 4.74 Å². The van der Waals surface area contributed by atoms with E-state index in [1.165, 1.54) is 5.56 Å². The van der Waals surface area contributed by atoms with Crippen molar-refractivity contribution in [3.63, 3.8) is 0 Å². The molecule has 0 radical (unpaired) electrons. The molecule has 0 amide bonds. The fourth-order valence-corrected chi connectivity index (χ4v) is 5.88. The molecule has 0 unspecified atom stereocenters. The molecule has 8 heteroatoms. The number of hydrogen-bond acceptors (Lipinski definition) is 7. The summed E-state index contributed by atoms with van der Waals surface area (Å²) in [5.41, 5.74) is 5.39. The van der Waals surface area contributed by atoms with Crippen molar-refractivity contribution < 1.29 is 33.2 Å². The van der Waals surface area contributed by atoms with Crippen molar-refractivity contribution in [2.45, 2.75) is 62.5 Å². The zero-order valence-electron chi connectivity index (χ0n) is 25.8. The van der Waals surface area contributed by atoms with Crippen molar-refractivity contribution in [3.05, 3.63) is 137 Å². The quantitative estimate of drug-likeness (QED) is 0.116. The van der Waals surface area contributed by atoms with Gasteiger partial charge in [0.15, 0.2) is 6.29 Å². The van der Waals surface area contributed by atoms with Crippen LogP contribution >= 0.6 is 15.9 Å². The van der Waals surface area contributed by atoms with Crippen LogP contribution in [0.25, 0.3) is 0 Å². The van der Waals surface area contributed by atoms with Gasteiger partial charge in [-0.25, -0.2) is 0 Å². The Bertz CT molecular complexity index is 1400. The van der Waals surface area contributed by atoms with E-state index in [1.54, 1.807) is 14.2 Å². The highest BCUT2D eigenvalue weighted by atomic mass is 79.9. The van der Waals surface area contributed by atoms with Crippen LogP contribution in [-0.4, -0.2) is 51.5 Å². The first-order valence-electron chi connectivity index (χ1n) is 15.1. The Balaban J connectivity index is 1.40. The Hall–Kier alpha value is -3.08. The van der Waals surface area contributed by atoms with E-state index in [4.69, 9.17) is 33.2 Å². The van der Waals surface area contributed by atoms with Gasteiger partial charge in [0.2, 0.25) is 0 Å². The SMILES string of the molecule is COc1ccc(CO[C@H]2[C@H](OCc3ccccc3)[C@@H](OCc3ccccc3)[C@@H](OC)O[C@@H]2COCc2ccccc2CBr)cc1. The number of rotatable bonds is 16. The smallest absolute Gasteiger partial charge is 0.186 e. The molecule has 1 aliphatic rings. The second-order valence-corrected chi connectivity index (χ2v) is 11.4. The zero-order valence-corrected chi connectivity index (χ0v) is 27.3. The molecule has 45 heavy (non-hydrogen) atoms. The van der Waals surface area contributed by atoms with Crippen molar-refractivity contribution >= 4 is 15.9 Å². The predicted octanol–water partition coefficient (Wildman–Crippen LogP) is 7.23. The first kappa shape index (κ1) is 33.3. The summed E-state index contributed by atoms with van der Waals surface area (Å²) in [6.45, 7) is 1.81. The van der Waals surface area contributed by atoms with E-state index in [1.807, 2.05) is 97.1 Å². The van der Waals surface area contributed by atoms with Crippen molar-refractivity contribution in [2.24, 2.45) is 0 Å². The normalized spacial score (nSPS) is 21.4. The molecule has 5 rings (SSSR count). The third-order valence-electron chi connectivity index (χ3n) is 7.80. The molecule has 1 saturated heterocycles. The summed E-state index contributed by atoms with van der Waals surface area (Å²) >= 11 is 3.58. The minimum atomic E-state index is -0.696. The maximum atomic E-state index is 6.68. The number of hydrogen-bond donors (Lipinski definition) is 0.